The molecule has 0 saturated heterocycles. The fourth-order valence-corrected chi connectivity index (χ4v) is 5.73. The molecule has 0 aromatic heterocycles. The molecule has 0 saturated carbocycles. The summed E-state index contributed by atoms with van der Waals surface area (Å²) in [5.41, 5.74) is 13.7. The molecule has 0 nitrogen and oxygen atoms in total. The minimum Gasteiger partial charge on any atom is -0.0984 e. The lowest BCUT2D eigenvalue weighted by atomic mass is 9.79. The van der Waals surface area contributed by atoms with Crippen LogP contribution in [0.25, 0.3) is 68.5 Å². The van der Waals surface area contributed by atoms with E-state index in [1.807, 2.05) is 30.4 Å². The van der Waals surface area contributed by atoms with Crippen LogP contribution in [-0.4, -0.2) is 0 Å². The summed E-state index contributed by atoms with van der Waals surface area (Å²) in [6.45, 7) is 21.4. The van der Waals surface area contributed by atoms with E-state index in [1.165, 1.54) is 27.5 Å². The Bertz CT molecular complexity index is 1710. The lowest BCUT2D eigenvalue weighted by molar-refractivity contribution is 1.42. The van der Waals surface area contributed by atoms with Crippen LogP contribution in [0.1, 0.15) is 33.4 Å². The number of aryl methyl sites for hydroxylation is 2. The lowest BCUT2D eigenvalue weighted by Crippen LogP contribution is -2.01. The maximum Gasteiger partial charge on any atom is -0.00176 e. The molecule has 38 heavy (non-hydrogen) atoms. The van der Waals surface area contributed by atoms with E-state index in [0.29, 0.717) is 0 Å². The van der Waals surface area contributed by atoms with Gasteiger partial charge in [-0.05, 0) is 85.8 Å². The molecule has 0 spiro atoms. The monoisotopic (exact) mass is 488 g/mol. The first-order chi connectivity index (χ1) is 18.5. The highest BCUT2D eigenvalue weighted by atomic mass is 14.3. The molecule has 0 unspecified atom stereocenters. The van der Waals surface area contributed by atoms with Crippen molar-refractivity contribution >= 4 is 35.1 Å². The molecule has 5 aromatic carbocycles. The van der Waals surface area contributed by atoms with Gasteiger partial charge in [0.1, 0.15) is 0 Å². The van der Waals surface area contributed by atoms with Crippen LogP contribution in [0.3, 0.4) is 0 Å². The summed E-state index contributed by atoms with van der Waals surface area (Å²) in [6.07, 6.45) is 7.87. The van der Waals surface area contributed by atoms with Crippen molar-refractivity contribution in [1.29, 1.82) is 0 Å². The Hall–Kier alpha value is -4.68. The van der Waals surface area contributed by atoms with Crippen molar-refractivity contribution < 1.29 is 0 Å². The Kier molecular flexibility index (Phi) is 6.81. The van der Waals surface area contributed by atoms with Crippen molar-refractivity contribution in [2.24, 2.45) is 0 Å². The van der Waals surface area contributed by atoms with E-state index < -0.39 is 0 Å². The van der Waals surface area contributed by atoms with Crippen molar-refractivity contribution in [1.82, 2.24) is 0 Å². The van der Waals surface area contributed by atoms with Gasteiger partial charge in [-0.25, -0.2) is 0 Å². The van der Waals surface area contributed by atoms with Crippen LogP contribution in [-0.2, 0) is 0 Å². The second-order valence-corrected chi connectivity index (χ2v) is 9.62. The van der Waals surface area contributed by atoms with Crippen LogP contribution in [0, 0.1) is 13.8 Å². The second kappa shape index (κ2) is 10.4. The van der Waals surface area contributed by atoms with Gasteiger partial charge in [0.15, 0.2) is 0 Å². The first-order valence-electron chi connectivity index (χ1n) is 12.9. The predicted octanol–water partition coefficient (Wildman–Crippen LogP) is 11.0. The van der Waals surface area contributed by atoms with Gasteiger partial charge in [0.05, 0.1) is 0 Å². The molecule has 184 valence electrons. The predicted molar refractivity (Wildman–Crippen MR) is 170 cm³/mol. The summed E-state index contributed by atoms with van der Waals surface area (Å²) in [7, 11) is 0. The lowest BCUT2D eigenvalue weighted by Gasteiger charge is -2.24. The molecule has 0 aliphatic carbocycles. The van der Waals surface area contributed by atoms with Gasteiger partial charge < -0.3 is 0 Å². The smallest absolute Gasteiger partial charge is 0.00176 e. The number of rotatable bonds is 7. The number of benzene rings is 5. The van der Waals surface area contributed by atoms with Crippen molar-refractivity contribution in [2.75, 3.05) is 0 Å². The average molecular weight is 489 g/mol. The van der Waals surface area contributed by atoms with Crippen molar-refractivity contribution in [3.8, 4) is 33.4 Å². The van der Waals surface area contributed by atoms with Crippen molar-refractivity contribution in [2.45, 2.75) is 13.8 Å². The standard InChI is InChI=1S/C38H32/c1-7-29-30(8-2)36(26(6)24-34(29)27-17-13-11-14-18-27)38-32(10-4)31(9-3)37(28-19-15-12-16-20-28)33-22-21-25(5)23-35(33)38/h7-24H,1-4H2,5-6H3. The van der Waals surface area contributed by atoms with Gasteiger partial charge in [-0.2, -0.15) is 0 Å². The van der Waals surface area contributed by atoms with E-state index >= 15 is 0 Å². The number of hydrogen-bond donors (Lipinski definition) is 0. The molecule has 0 aliphatic heterocycles. The molecular weight excluding hydrogens is 456 g/mol. The first-order valence-corrected chi connectivity index (χ1v) is 12.9. The highest BCUT2D eigenvalue weighted by molar-refractivity contribution is 6.13. The third-order valence-electron chi connectivity index (χ3n) is 7.36. The summed E-state index contributed by atoms with van der Waals surface area (Å²) in [5, 5.41) is 2.39. The Morgan fingerprint density at radius 2 is 1.00 bits per heavy atom. The van der Waals surface area contributed by atoms with Gasteiger partial charge in [0, 0.05) is 0 Å². The quantitative estimate of drug-likeness (QED) is 0.214. The Morgan fingerprint density at radius 3 is 1.58 bits per heavy atom. The van der Waals surface area contributed by atoms with Crippen LogP contribution >= 0.6 is 0 Å². The third-order valence-corrected chi connectivity index (χ3v) is 7.36. The Labute approximate surface area is 226 Å². The van der Waals surface area contributed by atoms with E-state index in [4.69, 9.17) is 0 Å². The largest absolute Gasteiger partial charge is 0.0984 e. The van der Waals surface area contributed by atoms with Crippen LogP contribution in [0.5, 0.6) is 0 Å². The molecular formula is C38H32. The topological polar surface area (TPSA) is 0 Å². The second-order valence-electron chi connectivity index (χ2n) is 9.62. The van der Waals surface area contributed by atoms with Gasteiger partial charge >= 0.3 is 0 Å². The van der Waals surface area contributed by atoms with Gasteiger partial charge in [-0.3, -0.25) is 0 Å². The van der Waals surface area contributed by atoms with E-state index in [1.54, 1.807) is 0 Å². The number of hydrogen-bond acceptors (Lipinski definition) is 0. The van der Waals surface area contributed by atoms with Crippen LogP contribution in [0.4, 0.5) is 0 Å². The Balaban J connectivity index is 1.99. The normalized spacial score (nSPS) is 10.8. The molecule has 0 aliphatic rings. The highest BCUT2D eigenvalue weighted by Gasteiger charge is 2.23. The van der Waals surface area contributed by atoms with Crippen LogP contribution in [0.15, 0.2) is 111 Å². The van der Waals surface area contributed by atoms with Crippen LogP contribution < -0.4 is 0 Å². The summed E-state index contributed by atoms with van der Waals surface area (Å²) in [6, 6.07) is 30.0. The number of fused-ring (bicyclic) bond motifs is 1. The summed E-state index contributed by atoms with van der Waals surface area (Å²) in [4.78, 5) is 0. The van der Waals surface area contributed by atoms with Gasteiger partial charge in [-0.15, -0.1) is 0 Å². The maximum absolute atomic E-state index is 4.29. The van der Waals surface area contributed by atoms with Crippen LogP contribution in [0.2, 0.25) is 0 Å². The van der Waals surface area contributed by atoms with Crippen molar-refractivity contribution in [3.63, 3.8) is 0 Å². The SMILES string of the molecule is C=Cc1c(-c2ccccc2)cc(C)c(-c2c(C=C)c(C=C)c(-c3ccccc3)c3ccc(C)cc23)c1C=C. The fourth-order valence-electron chi connectivity index (χ4n) is 5.73. The first kappa shape index (κ1) is 25.0. The van der Waals surface area contributed by atoms with Crippen molar-refractivity contribution in [3.05, 3.63) is 145 Å². The third kappa shape index (κ3) is 4.05. The molecule has 0 fully saturated rings. The van der Waals surface area contributed by atoms with E-state index in [0.717, 1.165) is 50.1 Å². The zero-order chi connectivity index (χ0) is 26.8. The minimum absolute atomic E-state index is 1.07. The highest BCUT2D eigenvalue weighted by Crippen LogP contribution is 2.47. The molecule has 0 N–H and O–H groups in total. The summed E-state index contributed by atoms with van der Waals surface area (Å²) < 4.78 is 0. The molecule has 5 aromatic rings. The van der Waals surface area contributed by atoms with Gasteiger partial charge in [0.2, 0.25) is 0 Å². The average Bonchev–Trinajstić information content (AvgIpc) is 2.96. The molecule has 0 heterocycles. The fraction of sp³-hybridized carbons (Fsp3) is 0.0526. The van der Waals surface area contributed by atoms with E-state index in [9.17, 15) is 0 Å². The zero-order valence-corrected chi connectivity index (χ0v) is 22.2. The molecule has 5 rings (SSSR count). The molecule has 0 amide bonds. The summed E-state index contributed by atoms with van der Waals surface area (Å²) in [5.74, 6) is 0. The zero-order valence-electron chi connectivity index (χ0n) is 22.2. The minimum atomic E-state index is 1.07. The van der Waals surface area contributed by atoms with E-state index in [-0.39, 0.29) is 0 Å². The molecule has 0 heteroatoms. The van der Waals surface area contributed by atoms with Gasteiger partial charge in [-0.1, -0.05) is 141 Å². The molecule has 0 atom stereocenters. The van der Waals surface area contributed by atoms with Gasteiger partial charge in [0.25, 0.3) is 0 Å². The van der Waals surface area contributed by atoms with E-state index in [2.05, 4.69) is 119 Å². The molecule has 0 bridgehead atoms. The maximum atomic E-state index is 4.29. The summed E-state index contributed by atoms with van der Waals surface area (Å²) >= 11 is 0. The Morgan fingerprint density at radius 1 is 0.474 bits per heavy atom. The molecule has 0 radical (unpaired) electrons.